The van der Waals surface area contributed by atoms with Crippen LogP contribution in [0.2, 0.25) is 0 Å². The highest BCUT2D eigenvalue weighted by molar-refractivity contribution is 5.97. The van der Waals surface area contributed by atoms with Gasteiger partial charge in [0.15, 0.2) is 0 Å². The fraction of sp³-hybridized carbons (Fsp3) is 0.238. The molecule has 0 fully saturated rings. The molecule has 3 rings (SSSR count). The van der Waals surface area contributed by atoms with E-state index >= 15 is 0 Å². The Hall–Kier alpha value is -3.12. The molecule has 6 nitrogen and oxygen atoms in total. The van der Waals surface area contributed by atoms with Gasteiger partial charge in [-0.2, -0.15) is 0 Å². The molecule has 0 aliphatic heterocycles. The van der Waals surface area contributed by atoms with Gasteiger partial charge in [-0.3, -0.25) is 9.59 Å². The molecule has 27 heavy (non-hydrogen) atoms. The minimum atomic E-state index is -0.404. The molecule has 0 saturated carbocycles. The Balaban J connectivity index is 1.80. The average molecular weight is 365 g/mol. The summed E-state index contributed by atoms with van der Waals surface area (Å²) >= 11 is 0. The third-order valence-corrected chi connectivity index (χ3v) is 4.23. The number of aromatic nitrogens is 1. The Labute approximate surface area is 157 Å². The first-order chi connectivity index (χ1) is 13.1. The van der Waals surface area contributed by atoms with Crippen LogP contribution in [0.5, 0.6) is 5.75 Å². The molecule has 3 N–H and O–H groups in total. The predicted octanol–water partition coefficient (Wildman–Crippen LogP) is 2.58. The van der Waals surface area contributed by atoms with Crippen LogP contribution in [0.25, 0.3) is 10.9 Å². The number of amides is 1. The first kappa shape index (κ1) is 18.7. The van der Waals surface area contributed by atoms with Crippen molar-refractivity contribution in [2.45, 2.75) is 20.0 Å². The zero-order chi connectivity index (χ0) is 19.2. The van der Waals surface area contributed by atoms with Crippen LogP contribution in [-0.2, 0) is 13.1 Å². The minimum absolute atomic E-state index is 0.0857. The molecule has 0 bridgehead atoms. The van der Waals surface area contributed by atoms with E-state index in [9.17, 15) is 9.59 Å². The average Bonchev–Trinajstić information content (AvgIpc) is 2.68. The summed E-state index contributed by atoms with van der Waals surface area (Å²) < 4.78 is 5.45. The molecule has 0 atom stereocenters. The number of benzene rings is 2. The molecule has 0 radical (unpaired) electrons. The number of carbonyl (C=O) groups is 1. The van der Waals surface area contributed by atoms with Crippen LogP contribution in [-0.4, -0.2) is 24.5 Å². The first-order valence-electron chi connectivity index (χ1n) is 8.91. The molecule has 6 heteroatoms. The SMILES string of the molecule is CCOc1ccc2[nH]cc(C(=O)NCc3cccc(CNC)c3)c(=O)c2c1. The summed E-state index contributed by atoms with van der Waals surface area (Å²) in [5.41, 5.74) is 2.55. The summed E-state index contributed by atoms with van der Waals surface area (Å²) in [6.45, 7) is 3.50. The Bertz CT molecular complexity index is 1010. The van der Waals surface area contributed by atoms with Crippen molar-refractivity contribution in [1.29, 1.82) is 0 Å². The maximum Gasteiger partial charge on any atom is 0.257 e. The molecule has 1 aromatic heterocycles. The number of aromatic amines is 1. The van der Waals surface area contributed by atoms with Gasteiger partial charge in [-0.25, -0.2) is 0 Å². The van der Waals surface area contributed by atoms with Gasteiger partial charge >= 0.3 is 0 Å². The van der Waals surface area contributed by atoms with Crippen LogP contribution in [0, 0.1) is 0 Å². The first-order valence-corrected chi connectivity index (χ1v) is 8.91. The van der Waals surface area contributed by atoms with Crippen LogP contribution in [0.4, 0.5) is 0 Å². The van der Waals surface area contributed by atoms with Crippen LogP contribution in [0.15, 0.2) is 53.5 Å². The molecule has 0 aliphatic carbocycles. The van der Waals surface area contributed by atoms with Crippen LogP contribution < -0.4 is 20.8 Å². The van der Waals surface area contributed by atoms with Crippen molar-refractivity contribution >= 4 is 16.8 Å². The third kappa shape index (κ3) is 4.35. The molecule has 0 unspecified atom stereocenters. The number of rotatable bonds is 7. The Morgan fingerprint density at radius 1 is 1.11 bits per heavy atom. The van der Waals surface area contributed by atoms with E-state index in [0.29, 0.717) is 29.8 Å². The van der Waals surface area contributed by atoms with Crippen molar-refractivity contribution in [2.24, 2.45) is 0 Å². The van der Waals surface area contributed by atoms with Gasteiger partial charge in [0.1, 0.15) is 11.3 Å². The molecule has 0 aliphatic rings. The van der Waals surface area contributed by atoms with E-state index in [1.165, 1.54) is 6.20 Å². The number of H-pyrrole nitrogens is 1. The topological polar surface area (TPSA) is 83.2 Å². The number of pyridine rings is 1. The van der Waals surface area contributed by atoms with Crippen molar-refractivity contribution in [3.63, 3.8) is 0 Å². The molecule has 2 aromatic carbocycles. The highest BCUT2D eigenvalue weighted by Gasteiger charge is 2.13. The second-order valence-corrected chi connectivity index (χ2v) is 6.20. The Kier molecular flexibility index (Phi) is 5.88. The second-order valence-electron chi connectivity index (χ2n) is 6.20. The number of hydrogen-bond donors (Lipinski definition) is 3. The van der Waals surface area contributed by atoms with Gasteiger partial charge in [0.25, 0.3) is 5.91 Å². The van der Waals surface area contributed by atoms with E-state index in [0.717, 1.165) is 17.7 Å². The largest absolute Gasteiger partial charge is 0.494 e. The summed E-state index contributed by atoms with van der Waals surface area (Å²) in [7, 11) is 1.89. The van der Waals surface area contributed by atoms with Crippen molar-refractivity contribution < 1.29 is 9.53 Å². The van der Waals surface area contributed by atoms with Crippen LogP contribution in [0.3, 0.4) is 0 Å². The fourth-order valence-electron chi connectivity index (χ4n) is 2.95. The van der Waals surface area contributed by atoms with Gasteiger partial charge < -0.3 is 20.4 Å². The summed E-state index contributed by atoms with van der Waals surface area (Å²) in [5, 5.41) is 6.35. The lowest BCUT2D eigenvalue weighted by molar-refractivity contribution is 0.0949. The summed E-state index contributed by atoms with van der Waals surface area (Å²) in [6, 6.07) is 13.2. The molecular weight excluding hydrogens is 342 g/mol. The van der Waals surface area contributed by atoms with Gasteiger partial charge in [0.05, 0.1) is 6.61 Å². The van der Waals surface area contributed by atoms with Crippen LogP contribution >= 0.6 is 0 Å². The summed E-state index contributed by atoms with van der Waals surface area (Å²) in [6.07, 6.45) is 1.46. The lowest BCUT2D eigenvalue weighted by Gasteiger charge is -2.09. The predicted molar refractivity (Wildman–Crippen MR) is 106 cm³/mol. The highest BCUT2D eigenvalue weighted by atomic mass is 16.5. The van der Waals surface area contributed by atoms with Crippen molar-refractivity contribution in [2.75, 3.05) is 13.7 Å². The van der Waals surface area contributed by atoms with Gasteiger partial charge in [-0.15, -0.1) is 0 Å². The van der Waals surface area contributed by atoms with E-state index in [1.807, 2.05) is 38.2 Å². The zero-order valence-electron chi connectivity index (χ0n) is 15.5. The van der Waals surface area contributed by atoms with Gasteiger partial charge in [0.2, 0.25) is 5.43 Å². The minimum Gasteiger partial charge on any atom is -0.494 e. The number of nitrogens with one attached hydrogen (secondary N) is 3. The normalized spacial score (nSPS) is 10.7. The Morgan fingerprint density at radius 3 is 2.63 bits per heavy atom. The number of carbonyl (C=O) groups excluding carboxylic acids is 1. The summed E-state index contributed by atoms with van der Waals surface area (Å²) in [5.74, 6) is 0.202. The molecule has 1 amide bonds. The standard InChI is InChI=1S/C21H23N3O3/c1-3-27-16-7-8-19-17(10-16)20(25)18(13-23-19)21(26)24-12-15-6-4-5-14(9-15)11-22-2/h4-10,13,22H,3,11-12H2,1-2H3,(H,23,25)(H,24,26). The highest BCUT2D eigenvalue weighted by Crippen LogP contribution is 2.17. The smallest absolute Gasteiger partial charge is 0.257 e. The van der Waals surface area contributed by atoms with E-state index in [-0.39, 0.29) is 11.0 Å². The lowest BCUT2D eigenvalue weighted by atomic mass is 10.1. The number of ether oxygens (including phenoxy) is 1. The second kappa shape index (κ2) is 8.51. The Morgan fingerprint density at radius 2 is 1.89 bits per heavy atom. The maximum atomic E-state index is 12.7. The van der Waals surface area contributed by atoms with Gasteiger partial charge in [0, 0.05) is 30.2 Å². The zero-order valence-corrected chi connectivity index (χ0v) is 15.5. The monoisotopic (exact) mass is 365 g/mol. The van der Waals surface area contributed by atoms with Gasteiger partial charge in [-0.05, 0) is 43.3 Å². The van der Waals surface area contributed by atoms with Crippen molar-refractivity contribution in [3.05, 3.63) is 75.6 Å². The van der Waals surface area contributed by atoms with Gasteiger partial charge in [-0.1, -0.05) is 24.3 Å². The molecule has 0 saturated heterocycles. The number of fused-ring (bicyclic) bond motifs is 1. The lowest BCUT2D eigenvalue weighted by Crippen LogP contribution is -2.28. The molecular formula is C21H23N3O3. The van der Waals surface area contributed by atoms with Crippen molar-refractivity contribution in [3.8, 4) is 5.75 Å². The maximum absolute atomic E-state index is 12.7. The molecule has 0 spiro atoms. The van der Waals surface area contributed by atoms with Crippen molar-refractivity contribution in [1.82, 2.24) is 15.6 Å². The molecule has 3 aromatic rings. The third-order valence-electron chi connectivity index (χ3n) is 4.23. The number of hydrogen-bond acceptors (Lipinski definition) is 4. The van der Waals surface area contributed by atoms with E-state index in [1.54, 1.807) is 18.2 Å². The molecule has 140 valence electrons. The quantitative estimate of drug-likeness (QED) is 0.601. The van der Waals surface area contributed by atoms with E-state index in [2.05, 4.69) is 15.6 Å². The van der Waals surface area contributed by atoms with Crippen LogP contribution in [0.1, 0.15) is 28.4 Å². The summed E-state index contributed by atoms with van der Waals surface area (Å²) in [4.78, 5) is 28.3. The fourth-order valence-corrected chi connectivity index (χ4v) is 2.95. The molecule has 1 heterocycles. The van der Waals surface area contributed by atoms with E-state index in [4.69, 9.17) is 4.74 Å². The van der Waals surface area contributed by atoms with E-state index < -0.39 is 5.91 Å².